The van der Waals surface area contributed by atoms with Gasteiger partial charge in [0.25, 0.3) is 0 Å². The number of aldehydes is 1. The predicted molar refractivity (Wildman–Crippen MR) is 126 cm³/mol. The molecule has 0 aromatic rings. The van der Waals surface area contributed by atoms with Crippen LogP contribution in [0, 0.1) is 5.92 Å². The molecule has 0 aliphatic rings. The summed E-state index contributed by atoms with van der Waals surface area (Å²) in [5.74, 6) is -4.28. The van der Waals surface area contributed by atoms with Gasteiger partial charge in [0.15, 0.2) is 0 Å². The number of nitrogens with one attached hydrogen (secondary N) is 5. The van der Waals surface area contributed by atoms with Crippen molar-refractivity contribution >= 4 is 35.8 Å². The fourth-order valence-electron chi connectivity index (χ4n) is 2.90. The van der Waals surface area contributed by atoms with Crippen LogP contribution in [0.2, 0.25) is 0 Å². The fourth-order valence-corrected chi connectivity index (χ4v) is 2.90. The monoisotopic (exact) mass is 518 g/mol. The van der Waals surface area contributed by atoms with E-state index in [0.29, 0.717) is 12.7 Å². The molecule has 0 heterocycles. The van der Waals surface area contributed by atoms with Gasteiger partial charge in [0, 0.05) is 0 Å². The first kappa shape index (κ1) is 32.9. The van der Waals surface area contributed by atoms with Crippen molar-refractivity contribution in [3.05, 3.63) is 0 Å². The standard InChI is InChI=1S/C21H38N6O9/c1-10(2)5-13(7-28)24-19(34)14(8-29)26-20(35)15(9-30)25-18(33)11(3)23-21(36)17(12(4)31)27-16(32)6-22/h7,10-15,17,29-31H,5-6,8-9,22H2,1-4H3,(H,23,36)(H,24,34)(H,25,33)(H,26,35)(H,27,32)/t11-,12+,13-,14-,15-,17-/m0/s1. The Balaban J connectivity index is 5.11. The lowest BCUT2D eigenvalue weighted by atomic mass is 10.0. The van der Waals surface area contributed by atoms with Crippen LogP contribution in [0.5, 0.6) is 0 Å². The molecule has 36 heavy (non-hydrogen) atoms. The third-order valence-electron chi connectivity index (χ3n) is 4.87. The highest BCUT2D eigenvalue weighted by molar-refractivity contribution is 5.95. The smallest absolute Gasteiger partial charge is 0.245 e. The number of hydrogen-bond donors (Lipinski definition) is 9. The van der Waals surface area contributed by atoms with E-state index in [4.69, 9.17) is 5.73 Å². The number of nitrogens with two attached hydrogens (primary N) is 1. The quantitative estimate of drug-likeness (QED) is 0.0880. The van der Waals surface area contributed by atoms with Gasteiger partial charge in [0.1, 0.15) is 30.5 Å². The van der Waals surface area contributed by atoms with Gasteiger partial charge in [-0.3, -0.25) is 24.0 Å². The molecule has 0 aromatic carbocycles. The zero-order valence-electron chi connectivity index (χ0n) is 20.8. The van der Waals surface area contributed by atoms with Crippen LogP contribution in [0.4, 0.5) is 0 Å². The Morgan fingerprint density at radius 1 is 0.778 bits per heavy atom. The third-order valence-corrected chi connectivity index (χ3v) is 4.87. The molecule has 0 saturated carbocycles. The molecule has 0 unspecified atom stereocenters. The molecule has 6 atom stereocenters. The van der Waals surface area contributed by atoms with Gasteiger partial charge in [-0.2, -0.15) is 0 Å². The van der Waals surface area contributed by atoms with Gasteiger partial charge >= 0.3 is 0 Å². The summed E-state index contributed by atoms with van der Waals surface area (Å²) >= 11 is 0. The zero-order valence-corrected chi connectivity index (χ0v) is 20.8. The van der Waals surface area contributed by atoms with Crippen LogP contribution >= 0.6 is 0 Å². The van der Waals surface area contributed by atoms with Gasteiger partial charge < -0.3 is 52.4 Å². The van der Waals surface area contributed by atoms with E-state index in [2.05, 4.69) is 26.6 Å². The molecule has 0 aromatic heterocycles. The molecular formula is C21H38N6O9. The maximum Gasteiger partial charge on any atom is 0.245 e. The van der Waals surface area contributed by atoms with Crippen molar-refractivity contribution in [2.24, 2.45) is 11.7 Å². The molecule has 206 valence electrons. The van der Waals surface area contributed by atoms with Gasteiger partial charge in [-0.1, -0.05) is 13.8 Å². The summed E-state index contributed by atoms with van der Waals surface area (Å²) in [6, 6.07) is -6.52. The van der Waals surface area contributed by atoms with Crippen LogP contribution in [0.15, 0.2) is 0 Å². The zero-order chi connectivity index (χ0) is 28.0. The first-order valence-electron chi connectivity index (χ1n) is 11.4. The molecule has 0 aliphatic heterocycles. The number of rotatable bonds is 16. The molecule has 10 N–H and O–H groups in total. The molecule has 5 amide bonds. The molecule has 0 bridgehead atoms. The Labute approximate surface area is 208 Å². The minimum atomic E-state index is -1.55. The molecule has 15 heteroatoms. The van der Waals surface area contributed by atoms with E-state index < -0.39 is 85.6 Å². The van der Waals surface area contributed by atoms with Crippen molar-refractivity contribution in [2.45, 2.75) is 70.4 Å². The van der Waals surface area contributed by atoms with E-state index in [1.807, 2.05) is 13.8 Å². The fraction of sp³-hybridized carbons (Fsp3) is 0.714. The van der Waals surface area contributed by atoms with Crippen LogP contribution in [0.25, 0.3) is 0 Å². The second-order valence-corrected chi connectivity index (χ2v) is 8.59. The second-order valence-electron chi connectivity index (χ2n) is 8.59. The average molecular weight is 519 g/mol. The molecular weight excluding hydrogens is 480 g/mol. The van der Waals surface area contributed by atoms with Crippen LogP contribution in [0.1, 0.15) is 34.1 Å². The number of carbonyl (C=O) groups excluding carboxylic acids is 6. The van der Waals surface area contributed by atoms with Crippen molar-refractivity contribution in [3.63, 3.8) is 0 Å². The lowest BCUT2D eigenvalue weighted by Crippen LogP contribution is -2.60. The SMILES string of the molecule is CC(C)C[C@@H](C=O)NC(=O)[C@H](CO)NC(=O)[C@H](CO)NC(=O)[C@H](C)NC(=O)[C@@H](NC(=O)CN)[C@@H](C)O. The largest absolute Gasteiger partial charge is 0.394 e. The van der Waals surface area contributed by atoms with Crippen LogP contribution in [0.3, 0.4) is 0 Å². The van der Waals surface area contributed by atoms with Gasteiger partial charge in [0.2, 0.25) is 29.5 Å². The second kappa shape index (κ2) is 16.5. The van der Waals surface area contributed by atoms with Crippen molar-refractivity contribution in [1.82, 2.24) is 26.6 Å². The van der Waals surface area contributed by atoms with Crippen molar-refractivity contribution in [1.29, 1.82) is 0 Å². The lowest BCUT2D eigenvalue weighted by Gasteiger charge is -2.25. The average Bonchev–Trinajstić information content (AvgIpc) is 2.82. The van der Waals surface area contributed by atoms with E-state index in [-0.39, 0.29) is 5.92 Å². The van der Waals surface area contributed by atoms with Gasteiger partial charge in [-0.25, -0.2) is 0 Å². The van der Waals surface area contributed by atoms with Gasteiger partial charge in [-0.05, 0) is 26.2 Å². The molecule has 0 saturated heterocycles. The van der Waals surface area contributed by atoms with Crippen LogP contribution < -0.4 is 32.3 Å². The first-order valence-corrected chi connectivity index (χ1v) is 11.4. The van der Waals surface area contributed by atoms with Crippen molar-refractivity contribution in [3.8, 4) is 0 Å². The summed E-state index contributed by atoms with van der Waals surface area (Å²) in [7, 11) is 0. The minimum Gasteiger partial charge on any atom is -0.394 e. The summed E-state index contributed by atoms with van der Waals surface area (Å²) in [4.78, 5) is 72.2. The highest BCUT2D eigenvalue weighted by Crippen LogP contribution is 2.03. The van der Waals surface area contributed by atoms with Crippen LogP contribution in [-0.2, 0) is 28.8 Å². The number of amides is 5. The molecule has 15 nitrogen and oxygen atoms in total. The molecule has 0 rings (SSSR count). The molecule has 0 fully saturated rings. The van der Waals surface area contributed by atoms with E-state index in [9.17, 15) is 44.1 Å². The summed E-state index contributed by atoms with van der Waals surface area (Å²) in [5, 5.41) is 40.0. The Hall–Kier alpha value is -3.14. The number of aliphatic hydroxyl groups excluding tert-OH is 3. The molecule has 0 radical (unpaired) electrons. The lowest BCUT2D eigenvalue weighted by molar-refractivity contribution is -0.136. The maximum absolute atomic E-state index is 12.5. The summed E-state index contributed by atoms with van der Waals surface area (Å²) in [5.41, 5.74) is 5.17. The van der Waals surface area contributed by atoms with E-state index in [1.54, 1.807) is 0 Å². The predicted octanol–water partition coefficient (Wildman–Crippen LogP) is -5.00. The van der Waals surface area contributed by atoms with E-state index in [0.717, 1.165) is 0 Å². The number of carbonyl (C=O) groups is 6. The van der Waals surface area contributed by atoms with E-state index >= 15 is 0 Å². The highest BCUT2D eigenvalue weighted by Gasteiger charge is 2.31. The maximum atomic E-state index is 12.5. The summed E-state index contributed by atoms with van der Waals surface area (Å²) < 4.78 is 0. The third kappa shape index (κ3) is 11.5. The Morgan fingerprint density at radius 2 is 1.28 bits per heavy atom. The Kier molecular flexibility index (Phi) is 15.1. The minimum absolute atomic E-state index is 0.0898. The van der Waals surface area contributed by atoms with Crippen molar-refractivity contribution in [2.75, 3.05) is 19.8 Å². The van der Waals surface area contributed by atoms with Gasteiger partial charge in [-0.15, -0.1) is 0 Å². The van der Waals surface area contributed by atoms with Gasteiger partial charge in [0.05, 0.1) is 31.9 Å². The molecule has 0 spiro atoms. The number of aliphatic hydroxyl groups is 3. The Bertz CT molecular complexity index is 777. The van der Waals surface area contributed by atoms with Crippen molar-refractivity contribution < 1.29 is 44.1 Å². The highest BCUT2D eigenvalue weighted by atomic mass is 16.3. The first-order chi connectivity index (χ1) is 16.8. The Morgan fingerprint density at radius 3 is 1.69 bits per heavy atom. The summed E-state index contributed by atoms with van der Waals surface area (Å²) in [6.07, 6.45) is -0.441. The normalized spacial score (nSPS) is 15.9. The van der Waals surface area contributed by atoms with E-state index in [1.165, 1.54) is 13.8 Å². The number of hydrogen-bond acceptors (Lipinski definition) is 10. The molecule has 0 aliphatic carbocycles. The van der Waals surface area contributed by atoms with Crippen LogP contribution in [-0.4, -0.2) is 107 Å². The topological polar surface area (TPSA) is 249 Å². The summed E-state index contributed by atoms with van der Waals surface area (Å²) in [6.45, 7) is 4.04.